The van der Waals surface area contributed by atoms with Gasteiger partial charge in [0.15, 0.2) is 0 Å². The molecule has 0 heterocycles. The van der Waals surface area contributed by atoms with Gasteiger partial charge in [0, 0.05) is 18.4 Å². The van der Waals surface area contributed by atoms with Gasteiger partial charge in [0.25, 0.3) is 0 Å². The molecule has 0 amide bonds. The summed E-state index contributed by atoms with van der Waals surface area (Å²) in [6.45, 7) is 3.97. The molecule has 3 nitrogen and oxygen atoms in total. The van der Waals surface area contributed by atoms with Crippen LogP contribution < -0.4 is 5.73 Å². The smallest absolute Gasteiger partial charge is 0.140 e. The van der Waals surface area contributed by atoms with Crippen LogP contribution in [0.2, 0.25) is 0 Å². The molecule has 0 saturated heterocycles. The maximum atomic E-state index is 12.0. The van der Waals surface area contributed by atoms with Gasteiger partial charge < -0.3 is 10.8 Å². The number of benzene rings is 1. The van der Waals surface area contributed by atoms with Gasteiger partial charge in [0.2, 0.25) is 0 Å². The fourth-order valence-corrected chi connectivity index (χ4v) is 1.90. The van der Waals surface area contributed by atoms with Gasteiger partial charge in [0.05, 0.1) is 0 Å². The fraction of sp³-hybridized carbons (Fsp3) is 0.533. The average molecular weight is 249 g/mol. The van der Waals surface area contributed by atoms with Crippen LogP contribution in [0.4, 0.5) is 0 Å². The molecule has 0 aromatic heterocycles. The zero-order chi connectivity index (χ0) is 13.5. The highest BCUT2D eigenvalue weighted by Gasteiger charge is 2.13. The van der Waals surface area contributed by atoms with Gasteiger partial charge in [-0.05, 0) is 37.5 Å². The number of ketones is 1. The van der Waals surface area contributed by atoms with Gasteiger partial charge >= 0.3 is 0 Å². The minimum atomic E-state index is 0.0811. The van der Waals surface area contributed by atoms with Crippen molar-refractivity contribution in [2.45, 2.75) is 45.6 Å². The molecular weight excluding hydrogens is 226 g/mol. The Kier molecular flexibility index (Phi) is 5.86. The van der Waals surface area contributed by atoms with Crippen LogP contribution in [0.15, 0.2) is 24.3 Å². The van der Waals surface area contributed by atoms with Gasteiger partial charge in [0.1, 0.15) is 11.5 Å². The molecule has 0 aliphatic carbocycles. The standard InChI is InChI=1S/C15H23NO2/c1-11(4-3-5-12(2)16)15(18)10-13-6-8-14(17)9-7-13/h6-9,11-12,17H,3-5,10,16H2,1-2H3. The molecule has 0 spiro atoms. The second-order valence-electron chi connectivity index (χ2n) is 5.12. The molecule has 0 fully saturated rings. The summed E-state index contributed by atoms with van der Waals surface area (Å²) in [4.78, 5) is 12.0. The van der Waals surface area contributed by atoms with Crippen molar-refractivity contribution in [3.05, 3.63) is 29.8 Å². The molecule has 1 rings (SSSR count). The van der Waals surface area contributed by atoms with Crippen molar-refractivity contribution in [3.8, 4) is 5.75 Å². The molecule has 0 aliphatic rings. The van der Waals surface area contributed by atoms with E-state index in [-0.39, 0.29) is 23.5 Å². The highest BCUT2D eigenvalue weighted by molar-refractivity contribution is 5.82. The number of hydrogen-bond acceptors (Lipinski definition) is 3. The lowest BCUT2D eigenvalue weighted by Crippen LogP contribution is -2.17. The first kappa shape index (κ1) is 14.7. The van der Waals surface area contributed by atoms with Crippen LogP contribution in [0.5, 0.6) is 5.75 Å². The second-order valence-corrected chi connectivity index (χ2v) is 5.12. The van der Waals surface area contributed by atoms with E-state index >= 15 is 0 Å². The molecule has 3 N–H and O–H groups in total. The predicted molar refractivity (Wildman–Crippen MR) is 73.5 cm³/mol. The van der Waals surface area contributed by atoms with Gasteiger partial charge in [-0.2, -0.15) is 0 Å². The third-order valence-corrected chi connectivity index (χ3v) is 3.16. The Labute approximate surface area is 109 Å². The maximum Gasteiger partial charge on any atom is 0.140 e. The third-order valence-electron chi connectivity index (χ3n) is 3.16. The third kappa shape index (κ3) is 5.32. The van der Waals surface area contributed by atoms with Crippen molar-refractivity contribution in [2.24, 2.45) is 11.7 Å². The maximum absolute atomic E-state index is 12.0. The highest BCUT2D eigenvalue weighted by atomic mass is 16.3. The number of phenols is 1. The molecular formula is C15H23NO2. The first-order chi connectivity index (χ1) is 8.49. The van der Waals surface area contributed by atoms with Crippen molar-refractivity contribution in [1.82, 2.24) is 0 Å². The molecule has 0 aliphatic heterocycles. The quantitative estimate of drug-likeness (QED) is 0.781. The number of carbonyl (C=O) groups is 1. The number of nitrogens with two attached hydrogens (primary N) is 1. The lowest BCUT2D eigenvalue weighted by atomic mass is 9.94. The van der Waals surface area contributed by atoms with Gasteiger partial charge in [-0.3, -0.25) is 4.79 Å². The molecule has 1 aromatic rings. The van der Waals surface area contributed by atoms with E-state index < -0.39 is 0 Å². The van der Waals surface area contributed by atoms with E-state index in [1.165, 1.54) is 0 Å². The largest absolute Gasteiger partial charge is 0.508 e. The Morgan fingerprint density at radius 2 is 1.83 bits per heavy atom. The molecule has 0 saturated carbocycles. The fourth-order valence-electron chi connectivity index (χ4n) is 1.90. The van der Waals surface area contributed by atoms with Crippen molar-refractivity contribution >= 4 is 5.78 Å². The van der Waals surface area contributed by atoms with Crippen molar-refractivity contribution in [1.29, 1.82) is 0 Å². The van der Waals surface area contributed by atoms with E-state index in [0.29, 0.717) is 6.42 Å². The Hall–Kier alpha value is -1.35. The highest BCUT2D eigenvalue weighted by Crippen LogP contribution is 2.15. The number of aromatic hydroxyl groups is 1. The van der Waals surface area contributed by atoms with E-state index in [9.17, 15) is 9.90 Å². The summed E-state index contributed by atoms with van der Waals surface area (Å²) in [7, 11) is 0. The molecule has 2 atom stereocenters. The van der Waals surface area contributed by atoms with Crippen LogP contribution in [0, 0.1) is 5.92 Å². The number of rotatable bonds is 7. The summed E-state index contributed by atoms with van der Waals surface area (Å²) in [6, 6.07) is 7.03. The second kappa shape index (κ2) is 7.17. The monoisotopic (exact) mass is 249 g/mol. The lowest BCUT2D eigenvalue weighted by molar-refractivity contribution is -0.121. The average Bonchev–Trinajstić information content (AvgIpc) is 2.31. The van der Waals surface area contributed by atoms with Crippen LogP contribution in [0.1, 0.15) is 38.7 Å². The van der Waals surface area contributed by atoms with E-state index in [1.807, 2.05) is 13.8 Å². The van der Waals surface area contributed by atoms with Crippen molar-refractivity contribution in [3.63, 3.8) is 0 Å². The summed E-state index contributed by atoms with van der Waals surface area (Å²) in [5, 5.41) is 9.17. The van der Waals surface area contributed by atoms with E-state index in [1.54, 1.807) is 24.3 Å². The number of hydrogen-bond donors (Lipinski definition) is 2. The van der Waals surface area contributed by atoms with Gasteiger partial charge in [-0.15, -0.1) is 0 Å². The van der Waals surface area contributed by atoms with Crippen LogP contribution >= 0.6 is 0 Å². The molecule has 1 aromatic carbocycles. The molecule has 100 valence electrons. The minimum absolute atomic E-state index is 0.0811. The lowest BCUT2D eigenvalue weighted by Gasteiger charge is -2.11. The normalized spacial score (nSPS) is 14.2. The Morgan fingerprint density at radius 3 is 2.39 bits per heavy atom. The molecule has 2 unspecified atom stereocenters. The van der Waals surface area contributed by atoms with Crippen LogP contribution in [-0.4, -0.2) is 16.9 Å². The Balaban J connectivity index is 2.37. The number of Topliss-reactive ketones (excluding diaryl/α,β-unsaturated/α-hetero) is 1. The van der Waals surface area contributed by atoms with Crippen LogP contribution in [0.3, 0.4) is 0 Å². The van der Waals surface area contributed by atoms with E-state index in [0.717, 1.165) is 24.8 Å². The number of phenolic OH excluding ortho intramolecular Hbond substituents is 1. The van der Waals surface area contributed by atoms with Crippen LogP contribution in [-0.2, 0) is 11.2 Å². The zero-order valence-corrected chi connectivity index (χ0v) is 11.2. The SMILES string of the molecule is CC(N)CCCC(C)C(=O)Cc1ccc(O)cc1. The Bertz CT molecular complexity index is 371. The summed E-state index contributed by atoms with van der Waals surface area (Å²) in [5.41, 5.74) is 6.64. The zero-order valence-electron chi connectivity index (χ0n) is 11.2. The molecule has 3 heteroatoms. The van der Waals surface area contributed by atoms with E-state index in [2.05, 4.69) is 0 Å². The topological polar surface area (TPSA) is 63.3 Å². The van der Waals surface area contributed by atoms with Gasteiger partial charge in [-0.1, -0.05) is 25.5 Å². The first-order valence-corrected chi connectivity index (χ1v) is 6.55. The molecule has 0 radical (unpaired) electrons. The van der Waals surface area contributed by atoms with Crippen LogP contribution in [0.25, 0.3) is 0 Å². The van der Waals surface area contributed by atoms with Gasteiger partial charge in [-0.25, -0.2) is 0 Å². The van der Waals surface area contributed by atoms with E-state index in [4.69, 9.17) is 5.73 Å². The predicted octanol–water partition coefficient (Wildman–Crippen LogP) is 2.66. The molecule has 18 heavy (non-hydrogen) atoms. The molecule has 0 bridgehead atoms. The summed E-state index contributed by atoms with van der Waals surface area (Å²) >= 11 is 0. The Morgan fingerprint density at radius 1 is 1.22 bits per heavy atom. The number of carbonyl (C=O) groups excluding carboxylic acids is 1. The van der Waals surface area contributed by atoms with Crippen molar-refractivity contribution in [2.75, 3.05) is 0 Å². The minimum Gasteiger partial charge on any atom is -0.508 e. The summed E-state index contributed by atoms with van der Waals surface area (Å²) in [6.07, 6.45) is 3.31. The summed E-state index contributed by atoms with van der Waals surface area (Å²) < 4.78 is 0. The summed E-state index contributed by atoms with van der Waals surface area (Å²) in [5.74, 6) is 0.569. The van der Waals surface area contributed by atoms with Crippen molar-refractivity contribution < 1.29 is 9.90 Å². The first-order valence-electron chi connectivity index (χ1n) is 6.55.